The highest BCUT2D eigenvalue weighted by molar-refractivity contribution is 6.30. The Morgan fingerprint density at radius 1 is 1.09 bits per heavy atom. The Morgan fingerprint density at radius 3 is 2.43 bits per heavy atom. The van der Waals surface area contributed by atoms with Crippen molar-refractivity contribution in [2.45, 2.75) is 26.3 Å². The summed E-state index contributed by atoms with van der Waals surface area (Å²) in [6.07, 6.45) is 0.735. The number of urea groups is 1. The first-order chi connectivity index (χ1) is 16.9. The van der Waals surface area contributed by atoms with E-state index in [2.05, 4.69) is 5.32 Å². The summed E-state index contributed by atoms with van der Waals surface area (Å²) < 4.78 is 6.76. The van der Waals surface area contributed by atoms with Gasteiger partial charge in [0.25, 0.3) is 5.56 Å². The Kier molecular flexibility index (Phi) is 7.36. The van der Waals surface area contributed by atoms with Crippen molar-refractivity contribution >= 4 is 34.2 Å². The second-order valence-electron chi connectivity index (χ2n) is 8.13. The number of nitrogens with zero attached hydrogens (tertiary/aromatic N) is 3. The van der Waals surface area contributed by atoms with E-state index >= 15 is 0 Å². The van der Waals surface area contributed by atoms with E-state index < -0.39 is 6.04 Å². The number of amides is 2. The van der Waals surface area contributed by atoms with E-state index in [1.165, 1.54) is 0 Å². The lowest BCUT2D eigenvalue weighted by Gasteiger charge is -2.30. The molecule has 2 amide bonds. The van der Waals surface area contributed by atoms with E-state index in [0.29, 0.717) is 45.4 Å². The van der Waals surface area contributed by atoms with Crippen molar-refractivity contribution in [1.82, 2.24) is 14.5 Å². The zero-order chi connectivity index (χ0) is 24.9. The summed E-state index contributed by atoms with van der Waals surface area (Å²) in [6.45, 7) is 4.36. The minimum Gasteiger partial charge on any atom is -0.497 e. The molecule has 1 aromatic heterocycles. The summed E-state index contributed by atoms with van der Waals surface area (Å²) >= 11 is 6.09. The monoisotopic (exact) mass is 490 g/mol. The largest absolute Gasteiger partial charge is 0.497 e. The summed E-state index contributed by atoms with van der Waals surface area (Å²) in [5.74, 6) is 1.17. The predicted molar refractivity (Wildman–Crippen MR) is 140 cm³/mol. The number of carbonyl (C=O) groups excluding carboxylic acids is 1. The fourth-order valence-electron chi connectivity index (χ4n) is 3.99. The first-order valence-corrected chi connectivity index (χ1v) is 11.8. The van der Waals surface area contributed by atoms with Crippen molar-refractivity contribution in [2.24, 2.45) is 0 Å². The summed E-state index contributed by atoms with van der Waals surface area (Å²) in [4.78, 5) is 33.5. The number of ether oxygens (including phenoxy) is 1. The van der Waals surface area contributed by atoms with Gasteiger partial charge in [-0.15, -0.1) is 0 Å². The molecule has 1 atom stereocenters. The average molecular weight is 491 g/mol. The van der Waals surface area contributed by atoms with Crippen LogP contribution >= 0.6 is 11.6 Å². The van der Waals surface area contributed by atoms with Gasteiger partial charge in [-0.25, -0.2) is 9.78 Å². The molecule has 35 heavy (non-hydrogen) atoms. The normalized spacial score (nSPS) is 11.8. The SMILES string of the molecule is CCCN(C(=O)Nc1ccc(OC)cc1)C(C)c1nc2ccccc2c(=O)n1-c1ccc(Cl)cc1. The van der Waals surface area contributed by atoms with Crippen molar-refractivity contribution < 1.29 is 9.53 Å². The first kappa shape index (κ1) is 24.3. The van der Waals surface area contributed by atoms with Gasteiger partial charge in [-0.05, 0) is 74.0 Å². The van der Waals surface area contributed by atoms with Gasteiger partial charge in [0.1, 0.15) is 11.6 Å². The maximum Gasteiger partial charge on any atom is 0.322 e. The molecule has 0 spiro atoms. The minimum absolute atomic E-state index is 0.202. The Hall–Kier alpha value is -3.84. The molecular weight excluding hydrogens is 464 g/mol. The van der Waals surface area contributed by atoms with Gasteiger partial charge in [-0.3, -0.25) is 9.36 Å². The molecule has 1 N–H and O–H groups in total. The molecule has 3 aromatic carbocycles. The quantitative estimate of drug-likeness (QED) is 0.342. The highest BCUT2D eigenvalue weighted by Crippen LogP contribution is 2.25. The lowest BCUT2D eigenvalue weighted by molar-refractivity contribution is 0.189. The van der Waals surface area contributed by atoms with Crippen LogP contribution in [0.15, 0.2) is 77.6 Å². The Bertz CT molecular complexity index is 1380. The molecule has 0 saturated heterocycles. The average Bonchev–Trinajstić information content (AvgIpc) is 2.88. The fraction of sp³-hybridized carbons (Fsp3) is 0.222. The zero-order valence-electron chi connectivity index (χ0n) is 19.9. The minimum atomic E-state index is -0.499. The number of anilines is 1. The zero-order valence-corrected chi connectivity index (χ0v) is 20.6. The van der Waals surface area contributed by atoms with Crippen LogP contribution < -0.4 is 15.6 Å². The Balaban J connectivity index is 1.78. The number of aromatic nitrogens is 2. The number of rotatable bonds is 7. The van der Waals surface area contributed by atoms with E-state index in [1.807, 2.05) is 26.0 Å². The molecule has 0 bridgehead atoms. The van der Waals surface area contributed by atoms with E-state index in [1.54, 1.807) is 77.2 Å². The van der Waals surface area contributed by atoms with Crippen LogP contribution in [0.4, 0.5) is 10.5 Å². The topological polar surface area (TPSA) is 76.5 Å². The highest BCUT2D eigenvalue weighted by Gasteiger charge is 2.26. The maximum absolute atomic E-state index is 13.6. The van der Waals surface area contributed by atoms with Crippen LogP contribution in [-0.4, -0.2) is 34.1 Å². The molecule has 0 saturated carbocycles. The molecule has 1 heterocycles. The second-order valence-corrected chi connectivity index (χ2v) is 8.57. The third-order valence-electron chi connectivity index (χ3n) is 5.79. The van der Waals surface area contributed by atoms with E-state index in [9.17, 15) is 9.59 Å². The molecule has 180 valence electrons. The third-order valence-corrected chi connectivity index (χ3v) is 6.05. The molecule has 0 aliphatic heterocycles. The van der Waals surface area contributed by atoms with Crippen molar-refractivity contribution in [3.05, 3.63) is 94.0 Å². The summed E-state index contributed by atoms with van der Waals surface area (Å²) in [7, 11) is 1.59. The molecule has 0 aliphatic rings. The van der Waals surface area contributed by atoms with Crippen LogP contribution in [0.3, 0.4) is 0 Å². The summed E-state index contributed by atoms with van der Waals surface area (Å²) in [5, 5.41) is 4.02. The number of carbonyl (C=O) groups is 1. The standard InChI is InChI=1S/C27H27ClN4O3/c1-4-17-31(27(34)29-20-11-15-22(35-3)16-12-20)18(2)25-30-24-8-6-5-7-23(24)26(33)32(25)21-13-9-19(28)10-14-21/h5-16,18H,4,17H2,1-3H3,(H,29,34). The predicted octanol–water partition coefficient (Wildman–Crippen LogP) is 6.05. The van der Waals surface area contributed by atoms with Crippen LogP contribution in [0.2, 0.25) is 5.02 Å². The van der Waals surface area contributed by atoms with Crippen LogP contribution in [-0.2, 0) is 0 Å². The van der Waals surface area contributed by atoms with Gasteiger partial charge in [-0.1, -0.05) is 30.7 Å². The van der Waals surface area contributed by atoms with Crippen LogP contribution in [0.5, 0.6) is 5.75 Å². The lowest BCUT2D eigenvalue weighted by Crippen LogP contribution is -2.40. The number of methoxy groups -OCH3 is 1. The van der Waals surface area contributed by atoms with Crippen LogP contribution in [0.1, 0.15) is 32.1 Å². The van der Waals surface area contributed by atoms with Crippen molar-refractivity contribution in [2.75, 3.05) is 19.0 Å². The summed E-state index contributed by atoms with van der Waals surface area (Å²) in [6, 6.07) is 20.6. The maximum atomic E-state index is 13.6. The van der Waals surface area contributed by atoms with Gasteiger partial charge in [0.15, 0.2) is 0 Å². The van der Waals surface area contributed by atoms with Crippen molar-refractivity contribution in [3.63, 3.8) is 0 Å². The van der Waals surface area contributed by atoms with Crippen LogP contribution in [0, 0.1) is 0 Å². The smallest absolute Gasteiger partial charge is 0.322 e. The molecular formula is C27H27ClN4O3. The number of hydrogen-bond donors (Lipinski definition) is 1. The van der Waals surface area contributed by atoms with Crippen molar-refractivity contribution in [1.29, 1.82) is 0 Å². The van der Waals surface area contributed by atoms with Gasteiger partial charge in [-0.2, -0.15) is 0 Å². The fourth-order valence-corrected chi connectivity index (χ4v) is 4.12. The van der Waals surface area contributed by atoms with Crippen LogP contribution in [0.25, 0.3) is 16.6 Å². The number of hydrogen-bond acceptors (Lipinski definition) is 4. The summed E-state index contributed by atoms with van der Waals surface area (Å²) in [5.41, 5.74) is 1.65. The molecule has 4 rings (SSSR count). The number of halogens is 1. The lowest BCUT2D eigenvalue weighted by atomic mass is 10.2. The first-order valence-electron chi connectivity index (χ1n) is 11.4. The molecule has 4 aromatic rings. The van der Waals surface area contributed by atoms with Gasteiger partial charge >= 0.3 is 6.03 Å². The van der Waals surface area contributed by atoms with Gasteiger partial charge in [0, 0.05) is 17.3 Å². The van der Waals surface area contributed by atoms with Crippen molar-refractivity contribution in [3.8, 4) is 11.4 Å². The molecule has 0 aliphatic carbocycles. The molecule has 0 fully saturated rings. The second kappa shape index (κ2) is 10.6. The number of para-hydroxylation sites is 1. The molecule has 1 unspecified atom stereocenters. The van der Waals surface area contributed by atoms with E-state index in [0.717, 1.165) is 6.42 Å². The number of fused-ring (bicyclic) bond motifs is 1. The molecule has 7 nitrogen and oxygen atoms in total. The number of benzene rings is 3. The molecule has 8 heteroatoms. The third kappa shape index (κ3) is 5.15. The highest BCUT2D eigenvalue weighted by atomic mass is 35.5. The van der Waals surface area contributed by atoms with E-state index in [-0.39, 0.29) is 11.6 Å². The number of nitrogens with one attached hydrogen (secondary N) is 1. The Morgan fingerprint density at radius 2 is 1.77 bits per heavy atom. The van der Waals surface area contributed by atoms with E-state index in [4.69, 9.17) is 21.3 Å². The Labute approximate surface area is 208 Å². The van der Waals surface area contributed by atoms with Gasteiger partial charge in [0.05, 0.1) is 29.7 Å². The van der Waals surface area contributed by atoms with Gasteiger partial charge < -0.3 is 15.0 Å². The molecule has 0 radical (unpaired) electrons. The van der Waals surface area contributed by atoms with Gasteiger partial charge in [0.2, 0.25) is 0 Å².